The highest BCUT2D eigenvalue weighted by Crippen LogP contribution is 2.38. The Morgan fingerprint density at radius 3 is 2.72 bits per heavy atom. The summed E-state index contributed by atoms with van der Waals surface area (Å²) in [6, 6.07) is 11.9. The normalized spacial score (nSPS) is 15.9. The van der Waals surface area contributed by atoms with Crippen molar-refractivity contribution in [1.29, 1.82) is 0 Å². The molecule has 7 nitrogen and oxygen atoms in total. The van der Waals surface area contributed by atoms with Crippen LogP contribution in [-0.2, 0) is 21.2 Å². The molecule has 0 aliphatic heterocycles. The topological polar surface area (TPSA) is 106 Å². The van der Waals surface area contributed by atoms with E-state index in [1.165, 1.54) is 4.90 Å². The van der Waals surface area contributed by atoms with Crippen LogP contribution in [0.25, 0.3) is 11.3 Å². The van der Waals surface area contributed by atoms with Gasteiger partial charge in [0.05, 0.1) is 17.3 Å². The quantitative estimate of drug-likeness (QED) is 0.688. The van der Waals surface area contributed by atoms with Gasteiger partial charge in [0.15, 0.2) is 9.34 Å². The molecule has 1 atom stereocenters. The van der Waals surface area contributed by atoms with Crippen LogP contribution < -0.4 is 10.0 Å². The van der Waals surface area contributed by atoms with Gasteiger partial charge in [0, 0.05) is 18.8 Å². The average molecular weight is 429 g/mol. The summed E-state index contributed by atoms with van der Waals surface area (Å²) in [4.78, 5) is 23.2. The first kappa shape index (κ1) is 19.7. The molecule has 1 aliphatic carbocycles. The van der Waals surface area contributed by atoms with Crippen LogP contribution in [-0.4, -0.2) is 31.3 Å². The number of primary sulfonamides is 1. The molecule has 4 rings (SSSR count). The summed E-state index contributed by atoms with van der Waals surface area (Å²) in [6.07, 6.45) is 3.27. The molecule has 2 N–H and O–H groups in total. The SMILES string of the molecule is Cc1nc(N(C)C(=O)C2CCc3cc(-c4ccccn4)ccc32)sc1S(N)(=O)=O. The number of amides is 1. The Bertz CT molecular complexity index is 1190. The summed E-state index contributed by atoms with van der Waals surface area (Å²) < 4.78 is 23.3. The third kappa shape index (κ3) is 3.68. The first-order chi connectivity index (χ1) is 13.8. The number of fused-ring (bicyclic) bond motifs is 1. The fourth-order valence-corrected chi connectivity index (χ4v) is 5.59. The summed E-state index contributed by atoms with van der Waals surface area (Å²) >= 11 is 0.915. The van der Waals surface area contributed by atoms with Gasteiger partial charge in [-0.05, 0) is 49.1 Å². The van der Waals surface area contributed by atoms with Gasteiger partial charge < -0.3 is 0 Å². The van der Waals surface area contributed by atoms with E-state index in [1.807, 2.05) is 30.3 Å². The first-order valence-corrected chi connectivity index (χ1v) is 11.4. The zero-order valence-corrected chi connectivity index (χ0v) is 17.6. The van der Waals surface area contributed by atoms with Crippen molar-refractivity contribution in [2.24, 2.45) is 5.14 Å². The third-order valence-corrected chi connectivity index (χ3v) is 7.89. The van der Waals surface area contributed by atoms with Crippen LogP contribution in [0.3, 0.4) is 0 Å². The van der Waals surface area contributed by atoms with Crippen LogP contribution in [0.5, 0.6) is 0 Å². The summed E-state index contributed by atoms with van der Waals surface area (Å²) in [6.45, 7) is 1.57. The minimum Gasteiger partial charge on any atom is -0.291 e. The highest BCUT2D eigenvalue weighted by molar-refractivity contribution is 7.91. The van der Waals surface area contributed by atoms with Gasteiger partial charge in [-0.15, -0.1) is 0 Å². The molecule has 0 radical (unpaired) electrons. The number of aromatic nitrogens is 2. The maximum atomic E-state index is 13.1. The lowest BCUT2D eigenvalue weighted by Gasteiger charge is -2.19. The third-order valence-electron chi connectivity index (χ3n) is 5.10. The fourth-order valence-electron chi connectivity index (χ4n) is 3.67. The van der Waals surface area contributed by atoms with Gasteiger partial charge in [0.25, 0.3) is 0 Å². The molecule has 29 heavy (non-hydrogen) atoms. The van der Waals surface area contributed by atoms with Gasteiger partial charge in [-0.3, -0.25) is 14.7 Å². The molecule has 9 heteroatoms. The minimum absolute atomic E-state index is 0.0148. The number of rotatable bonds is 4. The fraction of sp³-hybridized carbons (Fsp3) is 0.250. The monoisotopic (exact) mass is 428 g/mol. The van der Waals surface area contributed by atoms with Crippen LogP contribution >= 0.6 is 11.3 Å². The van der Waals surface area contributed by atoms with Crippen LogP contribution in [0.15, 0.2) is 46.8 Å². The lowest BCUT2D eigenvalue weighted by Crippen LogP contribution is -2.30. The molecule has 0 saturated heterocycles. The van der Waals surface area contributed by atoms with E-state index in [-0.39, 0.29) is 16.0 Å². The Balaban J connectivity index is 1.60. The highest BCUT2D eigenvalue weighted by Gasteiger charge is 2.33. The molecule has 0 saturated carbocycles. The number of thiazole rings is 1. The van der Waals surface area contributed by atoms with E-state index in [1.54, 1.807) is 20.2 Å². The van der Waals surface area contributed by atoms with Crippen molar-refractivity contribution in [3.63, 3.8) is 0 Å². The summed E-state index contributed by atoms with van der Waals surface area (Å²) in [5.74, 6) is -0.390. The lowest BCUT2D eigenvalue weighted by molar-refractivity contribution is -0.119. The van der Waals surface area contributed by atoms with E-state index in [9.17, 15) is 13.2 Å². The number of pyridine rings is 1. The molecule has 0 fully saturated rings. The molecule has 1 aliphatic rings. The molecule has 0 bridgehead atoms. The molecule has 1 amide bonds. The molecule has 3 aromatic rings. The Labute approximate surface area is 173 Å². The number of hydrogen-bond acceptors (Lipinski definition) is 6. The average Bonchev–Trinajstić information content (AvgIpc) is 3.30. The number of likely N-dealkylation sites (N-methyl/N-ethyl adjacent to an activating group) is 1. The van der Waals surface area contributed by atoms with Crippen molar-refractivity contribution in [2.75, 3.05) is 11.9 Å². The maximum Gasteiger partial charge on any atom is 0.249 e. The van der Waals surface area contributed by atoms with Gasteiger partial charge in [-0.25, -0.2) is 18.5 Å². The lowest BCUT2D eigenvalue weighted by atomic mass is 9.98. The number of hydrogen-bond donors (Lipinski definition) is 1. The van der Waals surface area contributed by atoms with Crippen LogP contribution in [0.4, 0.5) is 5.13 Å². The van der Waals surface area contributed by atoms with E-state index >= 15 is 0 Å². The second-order valence-electron chi connectivity index (χ2n) is 7.03. The molecular formula is C20H20N4O3S2. The largest absolute Gasteiger partial charge is 0.291 e. The van der Waals surface area contributed by atoms with Crippen molar-refractivity contribution in [1.82, 2.24) is 9.97 Å². The molecule has 2 heterocycles. The summed E-state index contributed by atoms with van der Waals surface area (Å²) in [5.41, 5.74) is 4.37. The van der Waals surface area contributed by atoms with Crippen molar-refractivity contribution < 1.29 is 13.2 Å². The number of nitrogens with two attached hydrogens (primary N) is 1. The van der Waals surface area contributed by atoms with Crippen molar-refractivity contribution >= 4 is 32.4 Å². The molecule has 2 aromatic heterocycles. The molecule has 1 aromatic carbocycles. The number of sulfonamides is 1. The number of carbonyl (C=O) groups excluding carboxylic acids is 1. The van der Waals surface area contributed by atoms with Gasteiger partial charge in [-0.1, -0.05) is 29.5 Å². The van der Waals surface area contributed by atoms with Crippen LogP contribution in [0.2, 0.25) is 0 Å². The summed E-state index contributed by atoms with van der Waals surface area (Å²) in [7, 11) is -2.24. The zero-order chi connectivity index (χ0) is 20.8. The molecule has 1 unspecified atom stereocenters. The van der Waals surface area contributed by atoms with E-state index < -0.39 is 10.0 Å². The molecular weight excluding hydrogens is 408 g/mol. The number of benzene rings is 1. The van der Waals surface area contributed by atoms with E-state index in [2.05, 4.69) is 16.0 Å². The van der Waals surface area contributed by atoms with Crippen molar-refractivity contribution in [3.8, 4) is 11.3 Å². The highest BCUT2D eigenvalue weighted by atomic mass is 32.2. The van der Waals surface area contributed by atoms with Crippen LogP contribution in [0, 0.1) is 6.92 Å². The van der Waals surface area contributed by atoms with E-state index in [4.69, 9.17) is 5.14 Å². The van der Waals surface area contributed by atoms with Gasteiger partial charge in [-0.2, -0.15) is 0 Å². The second kappa shape index (κ2) is 7.33. The smallest absolute Gasteiger partial charge is 0.249 e. The molecule has 150 valence electrons. The maximum absolute atomic E-state index is 13.1. The Hall–Kier alpha value is -2.62. The zero-order valence-electron chi connectivity index (χ0n) is 16.0. The number of anilines is 1. The Morgan fingerprint density at radius 2 is 2.07 bits per heavy atom. The van der Waals surface area contributed by atoms with E-state index in [0.717, 1.165) is 40.1 Å². The standard InChI is InChI=1S/C20H20N4O3S2/c1-12-19(29(21,26)27)28-20(23-12)24(2)18(25)16-9-6-13-11-14(7-8-15(13)16)17-5-3-4-10-22-17/h3-5,7-8,10-11,16H,6,9H2,1-2H3,(H2,21,26,27). The Morgan fingerprint density at radius 1 is 1.28 bits per heavy atom. The van der Waals surface area contributed by atoms with Gasteiger partial charge >= 0.3 is 0 Å². The predicted octanol–water partition coefficient (Wildman–Crippen LogP) is 2.85. The molecule has 0 spiro atoms. The second-order valence-corrected chi connectivity index (χ2v) is 9.77. The number of aryl methyl sites for hydroxylation is 2. The predicted molar refractivity (Wildman–Crippen MR) is 112 cm³/mol. The number of carbonyl (C=O) groups is 1. The van der Waals surface area contributed by atoms with Gasteiger partial charge in [0.1, 0.15) is 0 Å². The minimum atomic E-state index is -3.86. The summed E-state index contributed by atoms with van der Waals surface area (Å²) in [5, 5.41) is 5.56. The van der Waals surface area contributed by atoms with Crippen molar-refractivity contribution in [3.05, 3.63) is 59.4 Å². The number of nitrogens with zero attached hydrogens (tertiary/aromatic N) is 3. The van der Waals surface area contributed by atoms with Crippen LogP contribution in [0.1, 0.15) is 29.2 Å². The van der Waals surface area contributed by atoms with Gasteiger partial charge in [0.2, 0.25) is 15.9 Å². The van der Waals surface area contributed by atoms with Crippen molar-refractivity contribution in [2.45, 2.75) is 29.9 Å². The first-order valence-electron chi connectivity index (χ1n) is 9.07. The Kier molecular flexibility index (Phi) is 4.97. The van der Waals surface area contributed by atoms with E-state index in [0.29, 0.717) is 17.2 Å².